The molecule has 15 heavy (non-hydrogen) atoms. The zero-order valence-corrected chi connectivity index (χ0v) is 9.08. The number of rotatable bonds is 5. The summed E-state index contributed by atoms with van der Waals surface area (Å²) in [6, 6.07) is -0.841. The van der Waals surface area contributed by atoms with Gasteiger partial charge in [-0.15, -0.1) is 0 Å². The molecule has 0 radical (unpaired) electrons. The second kappa shape index (κ2) is 4.61. The zero-order chi connectivity index (χ0) is 11.5. The van der Waals surface area contributed by atoms with Gasteiger partial charge in [0.25, 0.3) is 0 Å². The third-order valence-corrected chi connectivity index (χ3v) is 2.93. The van der Waals surface area contributed by atoms with Crippen molar-refractivity contribution in [1.82, 2.24) is 5.32 Å². The SMILES string of the molecule is COCC1(C(=O)N[C@H](C)C(=O)O)CCC1. The fraction of sp³-hybridized carbons (Fsp3) is 0.800. The molecule has 2 N–H and O–H groups in total. The Morgan fingerprint density at radius 1 is 1.53 bits per heavy atom. The summed E-state index contributed by atoms with van der Waals surface area (Å²) >= 11 is 0. The number of carboxylic acid groups (broad SMARTS) is 1. The van der Waals surface area contributed by atoms with Gasteiger partial charge in [0.2, 0.25) is 5.91 Å². The summed E-state index contributed by atoms with van der Waals surface area (Å²) in [6.07, 6.45) is 2.55. The molecule has 0 unspecified atom stereocenters. The summed E-state index contributed by atoms with van der Waals surface area (Å²) in [4.78, 5) is 22.4. The largest absolute Gasteiger partial charge is 0.480 e. The maximum atomic E-state index is 11.8. The summed E-state index contributed by atoms with van der Waals surface area (Å²) in [5, 5.41) is 11.2. The van der Waals surface area contributed by atoms with E-state index in [0.717, 1.165) is 19.3 Å². The molecule has 0 bridgehead atoms. The summed E-state index contributed by atoms with van der Waals surface area (Å²) < 4.78 is 5.00. The first-order valence-corrected chi connectivity index (χ1v) is 5.04. The van der Waals surface area contributed by atoms with Crippen LogP contribution < -0.4 is 5.32 Å². The van der Waals surface area contributed by atoms with Crippen molar-refractivity contribution in [2.24, 2.45) is 5.41 Å². The number of methoxy groups -OCH3 is 1. The fourth-order valence-corrected chi connectivity index (χ4v) is 1.73. The highest BCUT2D eigenvalue weighted by atomic mass is 16.5. The Balaban J connectivity index is 2.54. The van der Waals surface area contributed by atoms with Gasteiger partial charge in [0.15, 0.2) is 0 Å². The predicted molar refractivity (Wildman–Crippen MR) is 53.4 cm³/mol. The minimum atomic E-state index is -1.02. The Kier molecular flexibility index (Phi) is 3.68. The van der Waals surface area contributed by atoms with Gasteiger partial charge in [-0.2, -0.15) is 0 Å². The highest BCUT2D eigenvalue weighted by Crippen LogP contribution is 2.41. The molecule has 86 valence electrons. The van der Waals surface area contributed by atoms with Gasteiger partial charge < -0.3 is 15.2 Å². The van der Waals surface area contributed by atoms with E-state index in [1.807, 2.05) is 0 Å². The molecule has 0 saturated heterocycles. The smallest absolute Gasteiger partial charge is 0.325 e. The van der Waals surface area contributed by atoms with Crippen LogP contribution in [0.4, 0.5) is 0 Å². The molecule has 0 heterocycles. The predicted octanol–water partition coefficient (Wildman–Crippen LogP) is 0.392. The number of hydrogen-bond acceptors (Lipinski definition) is 3. The van der Waals surface area contributed by atoms with E-state index in [2.05, 4.69) is 5.32 Å². The van der Waals surface area contributed by atoms with Crippen molar-refractivity contribution in [3.63, 3.8) is 0 Å². The van der Waals surface area contributed by atoms with Crippen LogP contribution in [-0.2, 0) is 14.3 Å². The molecule has 1 aliphatic carbocycles. The van der Waals surface area contributed by atoms with E-state index < -0.39 is 17.4 Å². The van der Waals surface area contributed by atoms with Crippen LogP contribution in [0.15, 0.2) is 0 Å². The molecule has 0 spiro atoms. The standard InChI is InChI=1S/C10H17NO4/c1-7(8(12)13)11-9(14)10(6-15-2)4-3-5-10/h7H,3-6H2,1-2H3,(H,11,14)(H,12,13)/t7-/m1/s1. The van der Waals surface area contributed by atoms with Crippen LogP contribution in [-0.4, -0.2) is 36.7 Å². The highest BCUT2D eigenvalue weighted by molar-refractivity contribution is 5.88. The van der Waals surface area contributed by atoms with Crippen molar-refractivity contribution < 1.29 is 19.4 Å². The van der Waals surface area contributed by atoms with E-state index >= 15 is 0 Å². The molecule has 1 aliphatic rings. The first-order valence-electron chi connectivity index (χ1n) is 5.04. The molecule has 5 nitrogen and oxygen atoms in total. The third-order valence-electron chi connectivity index (χ3n) is 2.93. The van der Waals surface area contributed by atoms with E-state index in [4.69, 9.17) is 9.84 Å². The summed E-state index contributed by atoms with van der Waals surface area (Å²) in [5.74, 6) is -1.22. The van der Waals surface area contributed by atoms with Crippen LogP contribution in [0.25, 0.3) is 0 Å². The maximum absolute atomic E-state index is 11.8. The molecular weight excluding hydrogens is 198 g/mol. The van der Waals surface area contributed by atoms with Crippen molar-refractivity contribution in [2.45, 2.75) is 32.2 Å². The molecule has 0 aromatic carbocycles. The Morgan fingerprint density at radius 3 is 2.47 bits per heavy atom. The van der Waals surface area contributed by atoms with Crippen LogP contribution >= 0.6 is 0 Å². The van der Waals surface area contributed by atoms with E-state index in [1.165, 1.54) is 6.92 Å². The molecule has 5 heteroatoms. The molecule has 0 aromatic rings. The number of nitrogens with one attached hydrogen (secondary N) is 1. The van der Waals surface area contributed by atoms with Gasteiger partial charge in [-0.1, -0.05) is 6.42 Å². The van der Waals surface area contributed by atoms with Crippen molar-refractivity contribution in [3.05, 3.63) is 0 Å². The first-order chi connectivity index (χ1) is 7.02. The minimum Gasteiger partial charge on any atom is -0.480 e. The van der Waals surface area contributed by atoms with Crippen LogP contribution in [0, 0.1) is 5.41 Å². The van der Waals surface area contributed by atoms with Crippen molar-refractivity contribution in [2.75, 3.05) is 13.7 Å². The van der Waals surface area contributed by atoms with Crippen LogP contribution in [0.1, 0.15) is 26.2 Å². The lowest BCUT2D eigenvalue weighted by molar-refractivity contribution is -0.147. The second-order valence-corrected chi connectivity index (χ2v) is 4.10. The van der Waals surface area contributed by atoms with Gasteiger partial charge in [-0.05, 0) is 19.8 Å². The molecule has 0 aromatic heterocycles. The van der Waals surface area contributed by atoms with Gasteiger partial charge in [0, 0.05) is 7.11 Å². The van der Waals surface area contributed by atoms with Crippen LogP contribution in [0.5, 0.6) is 0 Å². The molecular formula is C10H17NO4. The van der Waals surface area contributed by atoms with Crippen LogP contribution in [0.3, 0.4) is 0 Å². The summed E-state index contributed by atoms with van der Waals surface area (Å²) in [6.45, 7) is 1.82. The maximum Gasteiger partial charge on any atom is 0.325 e. The fourth-order valence-electron chi connectivity index (χ4n) is 1.73. The molecule has 0 aliphatic heterocycles. The first kappa shape index (κ1) is 12.0. The molecule has 1 fully saturated rings. The van der Waals surface area contributed by atoms with Gasteiger partial charge in [0.1, 0.15) is 6.04 Å². The normalized spacial score (nSPS) is 20.1. The quantitative estimate of drug-likeness (QED) is 0.695. The van der Waals surface area contributed by atoms with E-state index in [9.17, 15) is 9.59 Å². The van der Waals surface area contributed by atoms with Gasteiger partial charge in [-0.25, -0.2) is 0 Å². The Hall–Kier alpha value is -1.10. The van der Waals surface area contributed by atoms with Gasteiger partial charge in [-0.3, -0.25) is 9.59 Å². The van der Waals surface area contributed by atoms with Crippen molar-refractivity contribution in [3.8, 4) is 0 Å². The average Bonchev–Trinajstić information content (AvgIpc) is 2.10. The van der Waals surface area contributed by atoms with Crippen molar-refractivity contribution >= 4 is 11.9 Å². The summed E-state index contributed by atoms with van der Waals surface area (Å²) in [7, 11) is 1.55. The molecule has 1 saturated carbocycles. The lowest BCUT2D eigenvalue weighted by Crippen LogP contribution is -2.52. The van der Waals surface area contributed by atoms with E-state index in [1.54, 1.807) is 7.11 Å². The molecule has 1 rings (SSSR count). The topological polar surface area (TPSA) is 75.6 Å². The number of amides is 1. The minimum absolute atomic E-state index is 0.203. The Bertz CT molecular complexity index is 260. The number of carbonyl (C=O) groups excluding carboxylic acids is 1. The Morgan fingerprint density at radius 2 is 2.13 bits per heavy atom. The highest BCUT2D eigenvalue weighted by Gasteiger charge is 2.44. The number of aliphatic carboxylic acids is 1. The lowest BCUT2D eigenvalue weighted by Gasteiger charge is -2.39. The number of carboxylic acids is 1. The van der Waals surface area contributed by atoms with Gasteiger partial charge in [0.05, 0.1) is 12.0 Å². The molecule has 1 amide bonds. The van der Waals surface area contributed by atoms with Crippen molar-refractivity contribution in [1.29, 1.82) is 0 Å². The number of carbonyl (C=O) groups is 2. The summed E-state index contributed by atoms with van der Waals surface area (Å²) in [5.41, 5.74) is -0.488. The second-order valence-electron chi connectivity index (χ2n) is 4.10. The monoisotopic (exact) mass is 215 g/mol. The molecule has 1 atom stereocenters. The van der Waals surface area contributed by atoms with E-state index in [0.29, 0.717) is 6.61 Å². The average molecular weight is 215 g/mol. The lowest BCUT2D eigenvalue weighted by atomic mass is 9.68. The third kappa shape index (κ3) is 2.47. The van der Waals surface area contributed by atoms with Gasteiger partial charge >= 0.3 is 5.97 Å². The zero-order valence-electron chi connectivity index (χ0n) is 9.08. The van der Waals surface area contributed by atoms with E-state index in [-0.39, 0.29) is 5.91 Å². The number of ether oxygens (including phenoxy) is 1. The Labute approximate surface area is 88.8 Å². The van der Waals surface area contributed by atoms with Crippen LogP contribution in [0.2, 0.25) is 0 Å². The number of hydrogen-bond donors (Lipinski definition) is 2.